The smallest absolute Gasteiger partial charge is 0.336 e. The summed E-state index contributed by atoms with van der Waals surface area (Å²) in [6, 6.07) is 16.7. The van der Waals surface area contributed by atoms with Crippen LogP contribution < -0.4 is 0 Å². The standard InChI is InChI=1S/C18H12BrNO2/c19-16-7-3-1-5-12(16)9-10-13-11-15(18(21)22)14-6-2-4-8-17(14)20-13/h1-11H,(H,21,22)/b10-9+. The number of para-hydroxylation sites is 1. The van der Waals surface area contributed by atoms with Gasteiger partial charge in [-0.1, -0.05) is 58.4 Å². The molecule has 0 aliphatic carbocycles. The summed E-state index contributed by atoms with van der Waals surface area (Å²) >= 11 is 3.48. The van der Waals surface area contributed by atoms with Gasteiger partial charge in [0, 0.05) is 9.86 Å². The summed E-state index contributed by atoms with van der Waals surface area (Å²) in [5.74, 6) is -0.950. The number of fused-ring (bicyclic) bond motifs is 1. The Kier molecular flexibility index (Phi) is 4.02. The van der Waals surface area contributed by atoms with Crippen molar-refractivity contribution in [3.05, 3.63) is 75.9 Å². The second-order valence-corrected chi connectivity index (χ2v) is 5.63. The highest BCUT2D eigenvalue weighted by atomic mass is 79.9. The molecular weight excluding hydrogens is 342 g/mol. The monoisotopic (exact) mass is 353 g/mol. The predicted octanol–water partition coefficient (Wildman–Crippen LogP) is 4.87. The van der Waals surface area contributed by atoms with Crippen molar-refractivity contribution in [1.82, 2.24) is 4.98 Å². The summed E-state index contributed by atoms with van der Waals surface area (Å²) in [6.07, 6.45) is 3.73. The van der Waals surface area contributed by atoms with Gasteiger partial charge in [-0.15, -0.1) is 0 Å². The van der Waals surface area contributed by atoms with Crippen LogP contribution in [0.25, 0.3) is 23.1 Å². The zero-order valence-corrected chi connectivity index (χ0v) is 13.1. The van der Waals surface area contributed by atoms with Gasteiger partial charge >= 0.3 is 5.97 Å². The Bertz CT molecular complexity index is 887. The van der Waals surface area contributed by atoms with E-state index in [1.165, 1.54) is 0 Å². The summed E-state index contributed by atoms with van der Waals surface area (Å²) in [7, 11) is 0. The molecule has 1 N–H and O–H groups in total. The molecule has 22 heavy (non-hydrogen) atoms. The van der Waals surface area contributed by atoms with E-state index in [-0.39, 0.29) is 5.56 Å². The van der Waals surface area contributed by atoms with E-state index in [0.717, 1.165) is 10.0 Å². The summed E-state index contributed by atoms with van der Waals surface area (Å²) in [6.45, 7) is 0. The third-order valence-electron chi connectivity index (χ3n) is 3.31. The lowest BCUT2D eigenvalue weighted by molar-refractivity contribution is 0.0699. The van der Waals surface area contributed by atoms with Crippen LogP contribution >= 0.6 is 15.9 Å². The molecule has 0 aliphatic heterocycles. The van der Waals surface area contributed by atoms with Gasteiger partial charge < -0.3 is 5.11 Å². The molecule has 0 bridgehead atoms. The molecule has 1 aromatic heterocycles. The number of pyridine rings is 1. The topological polar surface area (TPSA) is 50.2 Å². The van der Waals surface area contributed by atoms with Gasteiger partial charge in [0.15, 0.2) is 0 Å². The molecule has 3 nitrogen and oxygen atoms in total. The van der Waals surface area contributed by atoms with Crippen LogP contribution in [0.2, 0.25) is 0 Å². The fourth-order valence-electron chi connectivity index (χ4n) is 2.24. The second-order valence-electron chi connectivity index (χ2n) is 4.77. The lowest BCUT2D eigenvalue weighted by atomic mass is 10.1. The van der Waals surface area contributed by atoms with Crippen LogP contribution in [-0.4, -0.2) is 16.1 Å². The molecule has 4 heteroatoms. The Morgan fingerprint density at radius 1 is 1.05 bits per heavy atom. The van der Waals surface area contributed by atoms with Crippen molar-refractivity contribution in [1.29, 1.82) is 0 Å². The van der Waals surface area contributed by atoms with E-state index in [9.17, 15) is 9.90 Å². The highest BCUT2D eigenvalue weighted by molar-refractivity contribution is 9.10. The van der Waals surface area contributed by atoms with Gasteiger partial charge in [0.05, 0.1) is 16.8 Å². The minimum absolute atomic E-state index is 0.261. The average molecular weight is 354 g/mol. The van der Waals surface area contributed by atoms with Gasteiger partial charge in [-0.25, -0.2) is 9.78 Å². The lowest BCUT2D eigenvalue weighted by Gasteiger charge is -2.04. The number of carboxylic acids is 1. The molecule has 1 heterocycles. The van der Waals surface area contributed by atoms with Crippen LogP contribution in [0.5, 0.6) is 0 Å². The molecule has 2 aromatic carbocycles. The Balaban J connectivity index is 2.08. The van der Waals surface area contributed by atoms with Crippen molar-refractivity contribution < 1.29 is 9.90 Å². The van der Waals surface area contributed by atoms with E-state index in [1.54, 1.807) is 12.1 Å². The van der Waals surface area contributed by atoms with E-state index >= 15 is 0 Å². The van der Waals surface area contributed by atoms with Gasteiger partial charge in [0.1, 0.15) is 0 Å². The molecule has 0 saturated carbocycles. The average Bonchev–Trinajstić information content (AvgIpc) is 2.53. The Labute approximate surface area is 136 Å². The number of nitrogens with zero attached hydrogens (tertiary/aromatic N) is 1. The number of carboxylic acid groups (broad SMARTS) is 1. The number of hydrogen-bond donors (Lipinski definition) is 1. The normalized spacial score (nSPS) is 11.1. The maximum atomic E-state index is 11.4. The third-order valence-corrected chi connectivity index (χ3v) is 4.03. The number of benzene rings is 2. The zero-order chi connectivity index (χ0) is 15.5. The van der Waals surface area contributed by atoms with Crippen LogP contribution in [0.4, 0.5) is 0 Å². The van der Waals surface area contributed by atoms with E-state index < -0.39 is 5.97 Å². The first-order chi connectivity index (χ1) is 10.6. The number of carbonyl (C=O) groups is 1. The molecule has 0 fully saturated rings. The first kappa shape index (κ1) is 14.5. The molecule has 0 aliphatic rings. The van der Waals surface area contributed by atoms with E-state index in [2.05, 4.69) is 20.9 Å². The highest BCUT2D eigenvalue weighted by Crippen LogP contribution is 2.21. The molecule has 0 unspecified atom stereocenters. The van der Waals surface area contributed by atoms with Gasteiger partial charge in [0.2, 0.25) is 0 Å². The SMILES string of the molecule is O=C(O)c1cc(/C=C/c2ccccc2Br)nc2ccccc12. The molecule has 0 spiro atoms. The molecule has 0 radical (unpaired) electrons. The van der Waals surface area contributed by atoms with Crippen molar-refractivity contribution in [3.63, 3.8) is 0 Å². The third kappa shape index (κ3) is 2.92. The van der Waals surface area contributed by atoms with Crippen LogP contribution in [0.1, 0.15) is 21.6 Å². The maximum absolute atomic E-state index is 11.4. The number of rotatable bonds is 3. The largest absolute Gasteiger partial charge is 0.478 e. The van der Waals surface area contributed by atoms with Crippen LogP contribution in [0.3, 0.4) is 0 Å². The minimum Gasteiger partial charge on any atom is -0.478 e. The van der Waals surface area contributed by atoms with Gasteiger partial charge in [-0.2, -0.15) is 0 Å². The van der Waals surface area contributed by atoms with Gasteiger partial charge in [0.25, 0.3) is 0 Å². The predicted molar refractivity (Wildman–Crippen MR) is 91.8 cm³/mol. The maximum Gasteiger partial charge on any atom is 0.336 e. The molecule has 0 saturated heterocycles. The summed E-state index contributed by atoms with van der Waals surface area (Å²) < 4.78 is 0.977. The van der Waals surface area contributed by atoms with Gasteiger partial charge in [-0.05, 0) is 29.8 Å². The van der Waals surface area contributed by atoms with E-state index in [4.69, 9.17) is 0 Å². The Hall–Kier alpha value is -2.46. The summed E-state index contributed by atoms with van der Waals surface area (Å²) in [4.78, 5) is 15.9. The molecule has 108 valence electrons. The minimum atomic E-state index is -0.950. The van der Waals surface area contributed by atoms with Crippen molar-refractivity contribution in [2.45, 2.75) is 0 Å². The van der Waals surface area contributed by atoms with Crippen LogP contribution in [-0.2, 0) is 0 Å². The summed E-state index contributed by atoms with van der Waals surface area (Å²) in [5, 5.41) is 10.0. The molecule has 3 aromatic rings. The molecule has 0 atom stereocenters. The molecule has 0 amide bonds. The first-order valence-electron chi connectivity index (χ1n) is 6.71. The van der Waals surface area contributed by atoms with E-state index in [0.29, 0.717) is 16.6 Å². The van der Waals surface area contributed by atoms with Crippen molar-refractivity contribution >= 4 is 45.0 Å². The number of halogens is 1. The Morgan fingerprint density at radius 2 is 1.77 bits per heavy atom. The van der Waals surface area contributed by atoms with Crippen LogP contribution in [0.15, 0.2) is 59.1 Å². The zero-order valence-electron chi connectivity index (χ0n) is 11.5. The lowest BCUT2D eigenvalue weighted by Crippen LogP contribution is -2.00. The fraction of sp³-hybridized carbons (Fsp3) is 0. The van der Waals surface area contributed by atoms with Crippen molar-refractivity contribution in [3.8, 4) is 0 Å². The fourth-order valence-corrected chi connectivity index (χ4v) is 2.66. The van der Waals surface area contributed by atoms with Gasteiger partial charge in [-0.3, -0.25) is 0 Å². The summed E-state index contributed by atoms with van der Waals surface area (Å²) in [5.41, 5.74) is 2.56. The van der Waals surface area contributed by atoms with E-state index in [1.807, 2.05) is 54.6 Å². The Morgan fingerprint density at radius 3 is 2.55 bits per heavy atom. The van der Waals surface area contributed by atoms with Crippen molar-refractivity contribution in [2.75, 3.05) is 0 Å². The highest BCUT2D eigenvalue weighted by Gasteiger charge is 2.10. The van der Waals surface area contributed by atoms with Crippen molar-refractivity contribution in [2.24, 2.45) is 0 Å². The molecular formula is C18H12BrNO2. The number of aromatic carboxylic acids is 1. The second kappa shape index (κ2) is 6.12. The van der Waals surface area contributed by atoms with Crippen LogP contribution in [0, 0.1) is 0 Å². The number of hydrogen-bond acceptors (Lipinski definition) is 2. The quantitative estimate of drug-likeness (QED) is 0.730. The number of aromatic nitrogens is 1. The first-order valence-corrected chi connectivity index (χ1v) is 7.50. The molecule has 3 rings (SSSR count).